The van der Waals surface area contributed by atoms with Gasteiger partial charge < -0.3 is 9.64 Å². The molecule has 24 heavy (non-hydrogen) atoms. The zero-order valence-electron chi connectivity index (χ0n) is 13.3. The quantitative estimate of drug-likeness (QED) is 0.704. The van der Waals surface area contributed by atoms with Gasteiger partial charge >= 0.3 is 0 Å². The van der Waals surface area contributed by atoms with Crippen molar-refractivity contribution in [3.63, 3.8) is 0 Å². The lowest BCUT2D eigenvalue weighted by Crippen LogP contribution is -2.31. The van der Waals surface area contributed by atoms with Gasteiger partial charge in [0, 0.05) is 29.2 Å². The van der Waals surface area contributed by atoms with Crippen molar-refractivity contribution in [2.45, 2.75) is 0 Å². The van der Waals surface area contributed by atoms with Crippen LogP contribution in [-0.2, 0) is 0 Å². The van der Waals surface area contributed by atoms with Gasteiger partial charge in [-0.1, -0.05) is 23.7 Å². The molecule has 5 heteroatoms. The van der Waals surface area contributed by atoms with Gasteiger partial charge in [-0.05, 0) is 42.5 Å². The smallest absolute Gasteiger partial charge is 0.254 e. The highest BCUT2D eigenvalue weighted by molar-refractivity contribution is 6.30. The number of ether oxygens (including phenoxy) is 1. The largest absolute Gasteiger partial charge is 0.492 e. The van der Waals surface area contributed by atoms with Gasteiger partial charge in [0.25, 0.3) is 5.91 Å². The monoisotopic (exact) mass is 340 g/mol. The zero-order chi connectivity index (χ0) is 16.9. The first kappa shape index (κ1) is 16.3. The Balaban J connectivity index is 1.65. The minimum absolute atomic E-state index is 0.0479. The summed E-state index contributed by atoms with van der Waals surface area (Å²) in [5, 5.41) is 1.52. The molecule has 0 radical (unpaired) electrons. The van der Waals surface area contributed by atoms with E-state index < -0.39 is 0 Å². The number of rotatable bonds is 5. The van der Waals surface area contributed by atoms with Gasteiger partial charge in [-0.2, -0.15) is 0 Å². The summed E-state index contributed by atoms with van der Waals surface area (Å²) in [6.07, 6.45) is 1.72. The Labute approximate surface area is 145 Å². The van der Waals surface area contributed by atoms with E-state index in [0.29, 0.717) is 23.7 Å². The Morgan fingerprint density at radius 1 is 1.12 bits per heavy atom. The molecule has 1 aromatic heterocycles. The maximum absolute atomic E-state index is 12.7. The maximum atomic E-state index is 12.7. The predicted octanol–water partition coefficient (Wildman–Crippen LogP) is 4.04. The molecule has 0 N–H and O–H groups in total. The fraction of sp³-hybridized carbons (Fsp3) is 0.158. The van der Waals surface area contributed by atoms with Gasteiger partial charge in [-0.25, -0.2) is 0 Å². The van der Waals surface area contributed by atoms with Crippen LogP contribution in [0, 0.1) is 0 Å². The predicted molar refractivity (Wildman–Crippen MR) is 95.7 cm³/mol. The van der Waals surface area contributed by atoms with Gasteiger partial charge in [0.05, 0.1) is 12.1 Å². The number of benzene rings is 2. The molecule has 3 rings (SSSR count). The van der Waals surface area contributed by atoms with Gasteiger partial charge in [-0.3, -0.25) is 9.78 Å². The molecular weight excluding hydrogens is 324 g/mol. The second-order valence-electron chi connectivity index (χ2n) is 5.40. The molecule has 122 valence electrons. The first-order chi connectivity index (χ1) is 11.6. The molecule has 1 heterocycles. The molecule has 1 amide bonds. The number of hydrogen-bond donors (Lipinski definition) is 0. The third kappa shape index (κ3) is 3.66. The van der Waals surface area contributed by atoms with Crippen molar-refractivity contribution in [1.82, 2.24) is 9.88 Å². The highest BCUT2D eigenvalue weighted by atomic mass is 35.5. The Bertz CT molecular complexity index is 844. The van der Waals surface area contributed by atoms with Crippen LogP contribution in [0.2, 0.25) is 5.02 Å². The third-order valence-electron chi connectivity index (χ3n) is 3.73. The average molecular weight is 341 g/mol. The van der Waals surface area contributed by atoms with Crippen molar-refractivity contribution in [2.75, 3.05) is 20.2 Å². The van der Waals surface area contributed by atoms with Crippen molar-refractivity contribution in [1.29, 1.82) is 0 Å². The lowest BCUT2D eigenvalue weighted by Gasteiger charge is -2.18. The van der Waals surface area contributed by atoms with E-state index in [9.17, 15) is 4.79 Å². The minimum Gasteiger partial charge on any atom is -0.492 e. The Morgan fingerprint density at radius 3 is 2.71 bits per heavy atom. The van der Waals surface area contributed by atoms with Crippen LogP contribution in [0.5, 0.6) is 5.75 Å². The molecule has 0 saturated heterocycles. The van der Waals surface area contributed by atoms with E-state index in [2.05, 4.69) is 4.98 Å². The molecule has 0 atom stereocenters. The number of pyridine rings is 1. The highest BCUT2D eigenvalue weighted by Crippen LogP contribution is 2.18. The summed E-state index contributed by atoms with van der Waals surface area (Å²) >= 11 is 5.84. The molecule has 0 spiro atoms. The van der Waals surface area contributed by atoms with Crippen LogP contribution in [0.15, 0.2) is 60.8 Å². The zero-order valence-corrected chi connectivity index (χ0v) is 14.0. The second-order valence-corrected chi connectivity index (χ2v) is 5.84. The summed E-state index contributed by atoms with van der Waals surface area (Å²) in [7, 11) is 1.77. The summed E-state index contributed by atoms with van der Waals surface area (Å²) in [6.45, 7) is 0.894. The number of hydrogen-bond acceptors (Lipinski definition) is 3. The summed E-state index contributed by atoms with van der Waals surface area (Å²) < 4.78 is 5.64. The number of fused-ring (bicyclic) bond motifs is 1. The van der Waals surface area contributed by atoms with Gasteiger partial charge in [0.2, 0.25) is 0 Å². The highest BCUT2D eigenvalue weighted by Gasteiger charge is 2.14. The van der Waals surface area contributed by atoms with E-state index in [1.807, 2.05) is 30.3 Å². The number of halogens is 1. The normalized spacial score (nSPS) is 10.6. The third-order valence-corrected chi connectivity index (χ3v) is 3.98. The van der Waals surface area contributed by atoms with E-state index in [4.69, 9.17) is 16.3 Å². The van der Waals surface area contributed by atoms with Crippen LogP contribution in [0.4, 0.5) is 0 Å². The fourth-order valence-electron chi connectivity index (χ4n) is 2.43. The number of nitrogens with zero attached hydrogens (tertiary/aromatic N) is 2. The number of likely N-dealkylation sites (N-methyl/N-ethyl adjacent to an activating group) is 1. The van der Waals surface area contributed by atoms with Crippen LogP contribution >= 0.6 is 11.6 Å². The van der Waals surface area contributed by atoms with Crippen molar-refractivity contribution in [2.24, 2.45) is 0 Å². The Morgan fingerprint density at radius 2 is 1.92 bits per heavy atom. The standard InChI is InChI=1S/C19H17ClN2O2/c1-22(12-13-24-15-9-7-14(20)8-10-15)19(23)17-4-2-6-18-16(17)5-3-11-21-18/h2-11H,12-13H2,1H3. The van der Waals surface area contributed by atoms with Crippen LogP contribution in [0.25, 0.3) is 10.9 Å². The number of aromatic nitrogens is 1. The summed E-state index contributed by atoms with van der Waals surface area (Å²) in [4.78, 5) is 18.6. The Hall–Kier alpha value is -2.59. The first-order valence-electron chi connectivity index (χ1n) is 7.63. The minimum atomic E-state index is -0.0479. The molecular formula is C19H17ClN2O2. The van der Waals surface area contributed by atoms with Crippen molar-refractivity contribution in [3.8, 4) is 5.75 Å². The number of carbonyl (C=O) groups excluding carboxylic acids is 1. The molecule has 0 unspecified atom stereocenters. The number of amides is 1. The summed E-state index contributed by atoms with van der Waals surface area (Å²) in [6, 6.07) is 16.5. The van der Waals surface area contributed by atoms with Crippen LogP contribution in [0.3, 0.4) is 0 Å². The summed E-state index contributed by atoms with van der Waals surface area (Å²) in [5.74, 6) is 0.683. The van der Waals surface area contributed by atoms with Gasteiger partial charge in [-0.15, -0.1) is 0 Å². The van der Waals surface area contributed by atoms with Gasteiger partial charge in [0.1, 0.15) is 12.4 Å². The molecule has 0 fully saturated rings. The molecule has 0 aliphatic heterocycles. The lowest BCUT2D eigenvalue weighted by atomic mass is 10.1. The van der Waals surface area contributed by atoms with Crippen LogP contribution in [0.1, 0.15) is 10.4 Å². The van der Waals surface area contributed by atoms with E-state index in [-0.39, 0.29) is 5.91 Å². The molecule has 0 bridgehead atoms. The molecule has 0 aliphatic rings. The van der Waals surface area contributed by atoms with E-state index in [1.54, 1.807) is 42.4 Å². The number of carbonyl (C=O) groups is 1. The van der Waals surface area contributed by atoms with Crippen LogP contribution in [-0.4, -0.2) is 36.0 Å². The lowest BCUT2D eigenvalue weighted by molar-refractivity contribution is 0.0775. The Kier molecular flexibility index (Phi) is 4.96. The molecule has 2 aromatic carbocycles. The van der Waals surface area contributed by atoms with E-state index >= 15 is 0 Å². The van der Waals surface area contributed by atoms with Gasteiger partial charge in [0.15, 0.2) is 0 Å². The topological polar surface area (TPSA) is 42.4 Å². The molecule has 4 nitrogen and oxygen atoms in total. The molecule has 3 aromatic rings. The summed E-state index contributed by atoms with van der Waals surface area (Å²) in [5.41, 5.74) is 1.46. The van der Waals surface area contributed by atoms with Crippen molar-refractivity contribution in [3.05, 3.63) is 71.4 Å². The molecule has 0 saturated carbocycles. The first-order valence-corrected chi connectivity index (χ1v) is 8.00. The van der Waals surface area contributed by atoms with Crippen molar-refractivity contribution < 1.29 is 9.53 Å². The van der Waals surface area contributed by atoms with E-state index in [1.165, 1.54) is 0 Å². The van der Waals surface area contributed by atoms with E-state index in [0.717, 1.165) is 16.7 Å². The average Bonchev–Trinajstić information content (AvgIpc) is 2.62. The van der Waals surface area contributed by atoms with Crippen molar-refractivity contribution >= 4 is 28.4 Å². The van der Waals surface area contributed by atoms with Crippen LogP contribution < -0.4 is 4.74 Å². The fourth-order valence-corrected chi connectivity index (χ4v) is 2.55. The SMILES string of the molecule is CN(CCOc1ccc(Cl)cc1)C(=O)c1cccc2ncccc12. The maximum Gasteiger partial charge on any atom is 0.254 e. The molecule has 0 aliphatic carbocycles. The second kappa shape index (κ2) is 7.32.